The number of nitrogens with zero attached hydrogens (tertiary/aromatic N) is 2. The van der Waals surface area contributed by atoms with Gasteiger partial charge in [0.2, 0.25) is 5.96 Å². The predicted molar refractivity (Wildman–Crippen MR) is 146 cm³/mol. The molecule has 10 heteroatoms. The van der Waals surface area contributed by atoms with Gasteiger partial charge in [-0.05, 0) is 35.6 Å². The van der Waals surface area contributed by atoms with Gasteiger partial charge < -0.3 is 14.8 Å². The van der Waals surface area contributed by atoms with Crippen LogP contribution in [0.15, 0.2) is 69.3 Å². The molecule has 6 rings (SSSR count). The lowest BCUT2D eigenvalue weighted by Crippen LogP contribution is -2.49. The molecule has 2 aliphatic heterocycles. The Morgan fingerprint density at radius 2 is 1.82 bits per heavy atom. The Labute approximate surface area is 225 Å². The van der Waals surface area contributed by atoms with Crippen molar-refractivity contribution in [3.05, 3.63) is 92.3 Å². The van der Waals surface area contributed by atoms with Crippen molar-refractivity contribution in [3.63, 3.8) is 0 Å². The quantitative estimate of drug-likeness (QED) is 0.477. The van der Waals surface area contributed by atoms with Crippen LogP contribution in [0.2, 0.25) is 0 Å². The molecule has 39 heavy (non-hydrogen) atoms. The van der Waals surface area contributed by atoms with Crippen LogP contribution >= 0.6 is 0 Å². The molecule has 1 unspecified atom stereocenters. The number of benzene rings is 2. The second kappa shape index (κ2) is 9.53. The largest absolute Gasteiger partial charge is 0.448 e. The van der Waals surface area contributed by atoms with Crippen molar-refractivity contribution in [2.45, 2.75) is 51.0 Å². The molecule has 4 atom stereocenters. The van der Waals surface area contributed by atoms with Gasteiger partial charge in [-0.1, -0.05) is 62.4 Å². The second-order valence-electron chi connectivity index (χ2n) is 10.5. The van der Waals surface area contributed by atoms with Crippen LogP contribution in [-0.2, 0) is 9.47 Å². The third-order valence-corrected chi connectivity index (χ3v) is 8.41. The highest BCUT2D eigenvalue weighted by molar-refractivity contribution is 5.94. The zero-order valence-electron chi connectivity index (χ0n) is 22.1. The first-order chi connectivity index (χ1) is 18.8. The van der Waals surface area contributed by atoms with Crippen molar-refractivity contribution in [3.8, 4) is 11.1 Å². The smallest absolute Gasteiger partial charge is 0.413 e. The number of aromatic amines is 1. The molecule has 3 aromatic rings. The minimum Gasteiger partial charge on any atom is -0.448 e. The van der Waals surface area contributed by atoms with Gasteiger partial charge in [0.25, 0.3) is 5.56 Å². The third kappa shape index (κ3) is 4.15. The summed E-state index contributed by atoms with van der Waals surface area (Å²) in [7, 11) is 0. The summed E-state index contributed by atoms with van der Waals surface area (Å²) in [5, 5.41) is 5.96. The van der Waals surface area contributed by atoms with Crippen LogP contribution in [0, 0.1) is 12.8 Å². The molecule has 0 radical (unpaired) electrons. The molecular formula is C29H31N5O5. The third-order valence-electron chi connectivity index (χ3n) is 8.41. The van der Waals surface area contributed by atoms with Gasteiger partial charge in [-0.2, -0.15) is 0 Å². The Balaban J connectivity index is 1.22. The average Bonchev–Trinajstić information content (AvgIpc) is 3.34. The van der Waals surface area contributed by atoms with Crippen LogP contribution in [0.1, 0.15) is 49.1 Å². The molecule has 0 spiro atoms. The molecule has 0 saturated carbocycles. The molecule has 1 amide bonds. The summed E-state index contributed by atoms with van der Waals surface area (Å²) >= 11 is 0. The summed E-state index contributed by atoms with van der Waals surface area (Å²) in [5.74, 6) is 0.141. The number of carbonyl (C=O) groups is 1. The van der Waals surface area contributed by atoms with E-state index in [4.69, 9.17) is 14.5 Å². The molecule has 3 heterocycles. The monoisotopic (exact) mass is 529 g/mol. The lowest BCUT2D eigenvalue weighted by atomic mass is 9.84. The minimum absolute atomic E-state index is 0.0558. The number of fused-ring (bicyclic) bond motifs is 5. The number of guanidine groups is 1. The lowest BCUT2D eigenvalue weighted by molar-refractivity contribution is -0.0854. The molecule has 2 bridgehead atoms. The summed E-state index contributed by atoms with van der Waals surface area (Å²) in [5.41, 5.74) is 3.37. The van der Waals surface area contributed by atoms with Crippen LogP contribution in [0.4, 0.5) is 4.79 Å². The molecule has 3 aliphatic rings. The van der Waals surface area contributed by atoms with Crippen molar-refractivity contribution in [1.82, 2.24) is 20.2 Å². The van der Waals surface area contributed by atoms with Crippen molar-refractivity contribution < 1.29 is 14.3 Å². The van der Waals surface area contributed by atoms with E-state index >= 15 is 0 Å². The predicted octanol–water partition coefficient (Wildman–Crippen LogP) is 3.03. The fourth-order valence-corrected chi connectivity index (χ4v) is 6.12. The van der Waals surface area contributed by atoms with Crippen LogP contribution in [0.3, 0.4) is 0 Å². The van der Waals surface area contributed by atoms with E-state index in [1.807, 2.05) is 38.1 Å². The number of nitrogens with one attached hydrogen (secondary N) is 3. The SMILES string of the molecule is CC[C@]12CNC(NC(=O)OCC3c4ccccc4-c4ccccc43)=N[C@@H](C1C)[C@H](n1cc(C)c(=O)[nH]c1=O)O2. The van der Waals surface area contributed by atoms with Gasteiger partial charge in [0.15, 0.2) is 6.23 Å². The van der Waals surface area contributed by atoms with Crippen molar-refractivity contribution in [1.29, 1.82) is 0 Å². The molecular weight excluding hydrogens is 498 g/mol. The summed E-state index contributed by atoms with van der Waals surface area (Å²) in [6, 6.07) is 15.9. The Hall–Kier alpha value is -4.18. The number of aliphatic imine (C=N–C) groups is 1. The molecule has 1 fully saturated rings. The van der Waals surface area contributed by atoms with E-state index < -0.39 is 35.2 Å². The molecule has 202 valence electrons. The van der Waals surface area contributed by atoms with E-state index in [0.29, 0.717) is 18.5 Å². The van der Waals surface area contributed by atoms with Crippen LogP contribution in [0.5, 0.6) is 0 Å². The Morgan fingerprint density at radius 1 is 1.15 bits per heavy atom. The van der Waals surface area contributed by atoms with Gasteiger partial charge in [-0.3, -0.25) is 19.7 Å². The van der Waals surface area contributed by atoms with Crippen molar-refractivity contribution in [2.75, 3.05) is 13.2 Å². The van der Waals surface area contributed by atoms with Crippen LogP contribution in [-0.4, -0.2) is 46.4 Å². The highest BCUT2D eigenvalue weighted by atomic mass is 16.6. The summed E-state index contributed by atoms with van der Waals surface area (Å²) in [4.78, 5) is 44.7. The van der Waals surface area contributed by atoms with E-state index in [-0.39, 0.29) is 24.4 Å². The fourth-order valence-electron chi connectivity index (χ4n) is 6.12. The number of rotatable bonds is 4. The number of hydrogen-bond acceptors (Lipinski definition) is 7. The normalized spacial score (nSPS) is 25.2. The number of H-pyrrole nitrogens is 1. The Kier molecular flexibility index (Phi) is 6.14. The Bertz CT molecular complexity index is 1550. The zero-order valence-corrected chi connectivity index (χ0v) is 22.1. The van der Waals surface area contributed by atoms with Crippen LogP contribution < -0.4 is 21.9 Å². The average molecular weight is 530 g/mol. The van der Waals surface area contributed by atoms with E-state index in [9.17, 15) is 14.4 Å². The van der Waals surface area contributed by atoms with Crippen LogP contribution in [0.25, 0.3) is 11.1 Å². The van der Waals surface area contributed by atoms with Gasteiger partial charge in [-0.25, -0.2) is 14.6 Å². The number of carbonyl (C=O) groups excluding carboxylic acids is 1. The lowest BCUT2D eigenvalue weighted by Gasteiger charge is -2.32. The van der Waals surface area contributed by atoms with Gasteiger partial charge in [0.1, 0.15) is 12.6 Å². The van der Waals surface area contributed by atoms with E-state index in [1.54, 1.807) is 6.92 Å². The van der Waals surface area contributed by atoms with E-state index in [2.05, 4.69) is 39.9 Å². The summed E-state index contributed by atoms with van der Waals surface area (Å²) < 4.78 is 13.5. The van der Waals surface area contributed by atoms with E-state index in [1.165, 1.54) is 10.8 Å². The highest BCUT2D eigenvalue weighted by Gasteiger charge is 2.54. The first kappa shape index (κ1) is 25.1. The standard InChI is InChI=1S/C29H31N5O5/c1-4-29-15-30-26(31-23(17(29)3)25(39-29)34-13-16(2)24(35)32-27(34)36)33-28(37)38-14-22-20-11-7-5-9-18(20)19-10-6-8-12-21(19)22/h5-13,17,22-23,25H,4,14-15H2,1-3H3,(H,32,35,36)(H2,30,31,33,37)/t17?,23-,25+,29-/m0/s1. The topological polar surface area (TPSA) is 127 Å². The second-order valence-corrected chi connectivity index (χ2v) is 10.5. The number of aryl methyl sites for hydroxylation is 1. The molecule has 2 aromatic carbocycles. The number of amides is 1. The maximum atomic E-state index is 12.9. The number of ether oxygens (including phenoxy) is 2. The maximum Gasteiger partial charge on any atom is 0.413 e. The number of alkyl carbamates (subject to hydrolysis) is 1. The maximum absolute atomic E-state index is 12.9. The summed E-state index contributed by atoms with van der Waals surface area (Å²) in [6.07, 6.45) is 0.817. The first-order valence-electron chi connectivity index (χ1n) is 13.2. The first-order valence-corrected chi connectivity index (χ1v) is 13.2. The number of hydrogen-bond donors (Lipinski definition) is 3. The minimum atomic E-state index is -0.732. The number of aromatic nitrogens is 2. The molecule has 10 nitrogen and oxygen atoms in total. The van der Waals surface area contributed by atoms with Crippen molar-refractivity contribution in [2.24, 2.45) is 10.9 Å². The van der Waals surface area contributed by atoms with Gasteiger partial charge in [-0.15, -0.1) is 0 Å². The zero-order chi connectivity index (χ0) is 27.3. The van der Waals surface area contributed by atoms with Gasteiger partial charge in [0, 0.05) is 30.1 Å². The molecule has 3 N–H and O–H groups in total. The van der Waals surface area contributed by atoms with E-state index in [0.717, 1.165) is 22.3 Å². The van der Waals surface area contributed by atoms with Gasteiger partial charge in [0.05, 0.1) is 5.60 Å². The highest BCUT2D eigenvalue weighted by Crippen LogP contribution is 2.46. The van der Waals surface area contributed by atoms with Gasteiger partial charge >= 0.3 is 11.8 Å². The molecule has 1 aromatic heterocycles. The molecule has 1 saturated heterocycles. The molecule has 1 aliphatic carbocycles. The summed E-state index contributed by atoms with van der Waals surface area (Å²) in [6.45, 7) is 6.25. The van der Waals surface area contributed by atoms with Crippen molar-refractivity contribution >= 4 is 12.1 Å². The Morgan fingerprint density at radius 3 is 2.49 bits per heavy atom. The fraction of sp³-hybridized carbons (Fsp3) is 0.379.